The summed E-state index contributed by atoms with van der Waals surface area (Å²) in [6.45, 7) is 5.14. The lowest BCUT2D eigenvalue weighted by atomic mass is 9.99. The molecule has 0 saturated carbocycles. The molecular weight excluding hydrogens is 364 g/mol. The van der Waals surface area contributed by atoms with Crippen LogP contribution in [-0.2, 0) is 17.8 Å². The zero-order valence-corrected chi connectivity index (χ0v) is 16.5. The highest BCUT2D eigenvalue weighted by Crippen LogP contribution is 2.27. The van der Waals surface area contributed by atoms with Crippen molar-refractivity contribution in [3.63, 3.8) is 0 Å². The van der Waals surface area contributed by atoms with Gasteiger partial charge in [-0.15, -0.1) is 0 Å². The minimum atomic E-state index is -0.425. The van der Waals surface area contributed by atoms with Gasteiger partial charge in [-0.2, -0.15) is 4.98 Å². The molecule has 1 aliphatic rings. The van der Waals surface area contributed by atoms with Gasteiger partial charge in [0.05, 0.1) is 5.52 Å². The van der Waals surface area contributed by atoms with Gasteiger partial charge in [-0.1, -0.05) is 36.4 Å². The normalized spacial score (nSPS) is 14.9. The van der Waals surface area contributed by atoms with E-state index in [9.17, 15) is 9.59 Å². The molecule has 1 atom stereocenters. The van der Waals surface area contributed by atoms with Gasteiger partial charge in [0.2, 0.25) is 5.91 Å². The molecule has 0 unspecified atom stereocenters. The molecule has 0 saturated heterocycles. The van der Waals surface area contributed by atoms with E-state index in [1.54, 1.807) is 0 Å². The fraction of sp³-hybridized carbons (Fsp3) is 0.261. The average molecular weight is 386 g/mol. The Kier molecular flexibility index (Phi) is 4.01. The second kappa shape index (κ2) is 6.58. The standard InChI is InChI=1S/C23H22N4O2/c1-15-13-21(28)24-22-19-9-5-6-10-20(19)27(26(15)22)16(2)23(29)25-12-11-17-7-3-4-8-18(17)14-25/h3-10,13,16H,11-12,14H2,1-2H3/t16-/m0/s1. The molecule has 4 aromatic rings. The van der Waals surface area contributed by atoms with Crippen molar-refractivity contribution in [2.24, 2.45) is 0 Å². The quantitative estimate of drug-likeness (QED) is 0.532. The van der Waals surface area contributed by atoms with Crippen molar-refractivity contribution in [1.82, 2.24) is 19.1 Å². The van der Waals surface area contributed by atoms with Gasteiger partial charge in [0.15, 0.2) is 5.65 Å². The number of aromatic nitrogens is 3. The summed E-state index contributed by atoms with van der Waals surface area (Å²) in [6.07, 6.45) is 0.870. The average Bonchev–Trinajstić information content (AvgIpc) is 3.07. The lowest BCUT2D eigenvalue weighted by molar-refractivity contribution is -0.135. The molecule has 2 aromatic heterocycles. The first-order chi connectivity index (χ1) is 14.0. The van der Waals surface area contributed by atoms with Crippen LogP contribution in [-0.4, -0.2) is 31.5 Å². The van der Waals surface area contributed by atoms with Gasteiger partial charge in [-0.05, 0) is 43.5 Å². The molecule has 29 heavy (non-hydrogen) atoms. The van der Waals surface area contributed by atoms with Gasteiger partial charge in [0.1, 0.15) is 6.04 Å². The number of hydrogen-bond acceptors (Lipinski definition) is 3. The number of carbonyl (C=O) groups excluding carboxylic acids is 1. The molecular formula is C23H22N4O2. The van der Waals surface area contributed by atoms with E-state index >= 15 is 0 Å². The topological polar surface area (TPSA) is 59.6 Å². The van der Waals surface area contributed by atoms with Crippen molar-refractivity contribution in [2.75, 3.05) is 6.54 Å². The van der Waals surface area contributed by atoms with Crippen LogP contribution in [0.4, 0.5) is 0 Å². The summed E-state index contributed by atoms with van der Waals surface area (Å²) < 4.78 is 3.86. The third kappa shape index (κ3) is 2.75. The predicted octanol–water partition coefficient (Wildman–Crippen LogP) is 3.10. The van der Waals surface area contributed by atoms with Crippen LogP contribution in [0.3, 0.4) is 0 Å². The summed E-state index contributed by atoms with van der Waals surface area (Å²) in [5.41, 5.74) is 4.51. The van der Waals surface area contributed by atoms with Crippen LogP contribution in [0.1, 0.15) is 29.8 Å². The first-order valence-corrected chi connectivity index (χ1v) is 9.90. The van der Waals surface area contributed by atoms with Gasteiger partial charge >= 0.3 is 0 Å². The van der Waals surface area contributed by atoms with Crippen LogP contribution in [0, 0.1) is 6.92 Å². The molecule has 6 nitrogen and oxygen atoms in total. The fourth-order valence-electron chi connectivity index (χ4n) is 4.44. The third-order valence-corrected chi connectivity index (χ3v) is 5.86. The number of nitrogens with zero attached hydrogens (tertiary/aromatic N) is 4. The highest BCUT2D eigenvalue weighted by Gasteiger charge is 2.28. The van der Waals surface area contributed by atoms with Gasteiger partial charge in [-0.25, -0.2) is 4.52 Å². The smallest absolute Gasteiger partial charge is 0.273 e. The summed E-state index contributed by atoms with van der Waals surface area (Å²) in [5.74, 6) is 0.0697. The first kappa shape index (κ1) is 17.7. The Morgan fingerprint density at radius 3 is 2.62 bits per heavy atom. The zero-order valence-electron chi connectivity index (χ0n) is 16.5. The van der Waals surface area contributed by atoms with E-state index in [4.69, 9.17) is 0 Å². The molecule has 146 valence electrons. The number of benzene rings is 2. The van der Waals surface area contributed by atoms with E-state index < -0.39 is 6.04 Å². The van der Waals surface area contributed by atoms with Crippen LogP contribution in [0.15, 0.2) is 59.4 Å². The minimum Gasteiger partial charge on any atom is -0.336 e. The maximum absolute atomic E-state index is 13.5. The Morgan fingerprint density at radius 1 is 1.07 bits per heavy atom. The van der Waals surface area contributed by atoms with Gasteiger partial charge in [-0.3, -0.25) is 14.3 Å². The molecule has 0 spiro atoms. The zero-order chi connectivity index (χ0) is 20.1. The van der Waals surface area contributed by atoms with Crippen molar-refractivity contribution in [3.05, 3.63) is 81.8 Å². The van der Waals surface area contributed by atoms with E-state index in [-0.39, 0.29) is 11.5 Å². The van der Waals surface area contributed by atoms with Crippen LogP contribution in [0.25, 0.3) is 16.6 Å². The van der Waals surface area contributed by atoms with E-state index in [1.807, 2.05) is 64.3 Å². The Balaban J connectivity index is 1.62. The van der Waals surface area contributed by atoms with E-state index in [0.717, 1.165) is 23.0 Å². The van der Waals surface area contributed by atoms with Crippen molar-refractivity contribution in [1.29, 1.82) is 0 Å². The molecule has 0 bridgehead atoms. The SMILES string of the molecule is Cc1cc(=O)nc2c3ccccc3n([C@@H](C)C(=O)N3CCc4ccccc4C3)n12. The van der Waals surface area contributed by atoms with Crippen molar-refractivity contribution in [3.8, 4) is 0 Å². The molecule has 6 heteroatoms. The van der Waals surface area contributed by atoms with Crippen LogP contribution in [0.2, 0.25) is 0 Å². The number of hydrogen-bond donors (Lipinski definition) is 0. The fourth-order valence-corrected chi connectivity index (χ4v) is 4.44. The Labute approximate surface area is 168 Å². The number of rotatable bonds is 2. The van der Waals surface area contributed by atoms with E-state index in [1.165, 1.54) is 17.2 Å². The maximum Gasteiger partial charge on any atom is 0.273 e. The summed E-state index contributed by atoms with van der Waals surface area (Å²) in [4.78, 5) is 31.7. The molecule has 0 aliphatic carbocycles. The number of carbonyl (C=O) groups is 1. The molecule has 0 N–H and O–H groups in total. The second-order valence-electron chi connectivity index (χ2n) is 7.69. The summed E-state index contributed by atoms with van der Waals surface area (Å²) in [6, 6.07) is 17.2. The number of para-hydroxylation sites is 1. The lowest BCUT2D eigenvalue weighted by Gasteiger charge is -2.31. The molecule has 3 heterocycles. The molecule has 2 aromatic carbocycles. The molecule has 0 fully saturated rings. The summed E-state index contributed by atoms with van der Waals surface area (Å²) in [5, 5.41) is 0.872. The number of aryl methyl sites for hydroxylation is 1. The number of amides is 1. The Morgan fingerprint density at radius 2 is 1.79 bits per heavy atom. The summed E-state index contributed by atoms with van der Waals surface area (Å²) >= 11 is 0. The van der Waals surface area contributed by atoms with E-state index in [2.05, 4.69) is 17.1 Å². The monoisotopic (exact) mass is 386 g/mol. The maximum atomic E-state index is 13.5. The van der Waals surface area contributed by atoms with Crippen molar-refractivity contribution < 1.29 is 4.79 Å². The Hall–Kier alpha value is -3.41. The third-order valence-electron chi connectivity index (χ3n) is 5.86. The minimum absolute atomic E-state index is 0.0697. The van der Waals surface area contributed by atoms with E-state index in [0.29, 0.717) is 18.7 Å². The van der Waals surface area contributed by atoms with Gasteiger partial charge in [0, 0.05) is 30.2 Å². The molecule has 1 amide bonds. The second-order valence-corrected chi connectivity index (χ2v) is 7.69. The van der Waals surface area contributed by atoms with Crippen molar-refractivity contribution >= 4 is 22.5 Å². The molecule has 5 rings (SSSR count). The van der Waals surface area contributed by atoms with Gasteiger partial charge < -0.3 is 4.90 Å². The molecule has 0 radical (unpaired) electrons. The van der Waals surface area contributed by atoms with Crippen molar-refractivity contribution in [2.45, 2.75) is 32.9 Å². The first-order valence-electron chi connectivity index (χ1n) is 9.90. The van der Waals surface area contributed by atoms with Crippen LogP contribution < -0.4 is 5.56 Å². The molecule has 1 aliphatic heterocycles. The highest BCUT2D eigenvalue weighted by molar-refractivity contribution is 5.94. The summed E-state index contributed by atoms with van der Waals surface area (Å²) in [7, 11) is 0. The highest BCUT2D eigenvalue weighted by atomic mass is 16.2. The van der Waals surface area contributed by atoms with Crippen LogP contribution in [0.5, 0.6) is 0 Å². The lowest BCUT2D eigenvalue weighted by Crippen LogP contribution is -2.40. The predicted molar refractivity (Wildman–Crippen MR) is 112 cm³/mol. The number of fused-ring (bicyclic) bond motifs is 4. The largest absolute Gasteiger partial charge is 0.336 e. The van der Waals surface area contributed by atoms with Crippen LogP contribution >= 0.6 is 0 Å². The Bertz CT molecular complexity index is 1320. The van der Waals surface area contributed by atoms with Gasteiger partial charge in [0.25, 0.3) is 5.56 Å².